The maximum atomic E-state index is 12.5. The maximum absolute atomic E-state index is 12.5. The number of piperidine rings is 1. The van der Waals surface area contributed by atoms with Crippen LogP contribution in [0.4, 0.5) is 17.1 Å². The molecule has 3 aromatic rings. The summed E-state index contributed by atoms with van der Waals surface area (Å²) in [5.74, 6) is 0.664. The van der Waals surface area contributed by atoms with Gasteiger partial charge in [-0.25, -0.2) is 0 Å². The van der Waals surface area contributed by atoms with Crippen molar-refractivity contribution in [3.63, 3.8) is 0 Å². The summed E-state index contributed by atoms with van der Waals surface area (Å²) >= 11 is 17.9. The number of nitrogens with zero attached hydrogens (tertiary/aromatic N) is 4. The van der Waals surface area contributed by atoms with E-state index in [2.05, 4.69) is 15.1 Å². The first-order valence-corrected chi connectivity index (χ1v) is 14.6. The van der Waals surface area contributed by atoms with Crippen LogP contribution < -0.4 is 15.1 Å². The van der Waals surface area contributed by atoms with Gasteiger partial charge in [0.2, 0.25) is 5.91 Å². The van der Waals surface area contributed by atoms with Crippen molar-refractivity contribution in [2.75, 3.05) is 49.1 Å². The number of nitro groups is 1. The lowest BCUT2D eigenvalue weighted by Gasteiger charge is -2.37. The van der Waals surface area contributed by atoms with Gasteiger partial charge in [-0.15, -0.1) is 0 Å². The Balaban J connectivity index is 1.15. The van der Waals surface area contributed by atoms with Gasteiger partial charge in [0.25, 0.3) is 5.69 Å². The molecule has 2 fully saturated rings. The average Bonchev–Trinajstić information content (AvgIpc) is 3.46. The molecule has 2 saturated heterocycles. The molecule has 41 heavy (non-hydrogen) atoms. The Kier molecular flexibility index (Phi) is 9.12. The standard InChI is InChI=1S/C29H29Cl2N5O4S/c30-23-6-4-5-22(28(23)31)26-11-8-21(40-26)9-12-27(37)32-29(41)35-17-15-33(16-18-35)20-7-10-24(36(38)39)25(19-20)34-13-2-1-3-14-34/h4-12,19H,1-3,13-18H2,(H,32,37,41)/b12-9+. The molecule has 214 valence electrons. The van der Waals surface area contributed by atoms with E-state index in [1.54, 1.807) is 42.5 Å². The molecule has 1 amide bonds. The molecule has 0 unspecified atom stereocenters. The van der Waals surface area contributed by atoms with Crippen molar-refractivity contribution in [2.45, 2.75) is 19.3 Å². The minimum Gasteiger partial charge on any atom is -0.457 e. The fourth-order valence-corrected chi connectivity index (χ4v) is 5.76. The lowest BCUT2D eigenvalue weighted by molar-refractivity contribution is -0.384. The van der Waals surface area contributed by atoms with Crippen molar-refractivity contribution in [3.05, 3.63) is 80.5 Å². The number of hydrogen-bond acceptors (Lipinski definition) is 7. The molecule has 0 spiro atoms. The van der Waals surface area contributed by atoms with Crippen LogP contribution in [-0.2, 0) is 4.79 Å². The average molecular weight is 615 g/mol. The van der Waals surface area contributed by atoms with Gasteiger partial charge in [-0.3, -0.25) is 20.2 Å². The van der Waals surface area contributed by atoms with E-state index in [0.717, 1.165) is 38.0 Å². The van der Waals surface area contributed by atoms with Crippen molar-refractivity contribution < 1.29 is 14.1 Å². The van der Waals surface area contributed by atoms with E-state index in [0.29, 0.717) is 64.1 Å². The predicted molar refractivity (Wildman–Crippen MR) is 167 cm³/mol. The second kappa shape index (κ2) is 12.9. The number of nitrogens with one attached hydrogen (secondary N) is 1. The van der Waals surface area contributed by atoms with E-state index in [-0.39, 0.29) is 16.5 Å². The summed E-state index contributed by atoms with van der Waals surface area (Å²) < 4.78 is 5.80. The van der Waals surface area contributed by atoms with Crippen LogP contribution in [0.5, 0.6) is 0 Å². The van der Waals surface area contributed by atoms with Crippen LogP contribution in [0.25, 0.3) is 17.4 Å². The van der Waals surface area contributed by atoms with Crippen LogP contribution in [0, 0.1) is 10.1 Å². The SMILES string of the molecule is O=C(/C=C/c1ccc(-c2cccc(Cl)c2Cl)o1)NC(=S)N1CCN(c2ccc([N+](=O)[O-])c(N3CCCCC3)c2)CC1. The summed E-state index contributed by atoms with van der Waals surface area (Å²) in [7, 11) is 0. The predicted octanol–water partition coefficient (Wildman–Crippen LogP) is 6.39. The zero-order valence-electron chi connectivity index (χ0n) is 22.2. The maximum Gasteiger partial charge on any atom is 0.292 e. The summed E-state index contributed by atoms with van der Waals surface area (Å²) in [6.45, 7) is 4.23. The molecule has 9 nitrogen and oxygen atoms in total. The first-order valence-electron chi connectivity index (χ1n) is 13.4. The molecule has 0 aliphatic carbocycles. The van der Waals surface area contributed by atoms with Crippen LogP contribution in [-0.4, -0.2) is 60.1 Å². The second-order valence-electron chi connectivity index (χ2n) is 9.88. The first kappa shape index (κ1) is 28.9. The summed E-state index contributed by atoms with van der Waals surface area (Å²) in [4.78, 5) is 30.2. The Labute approximate surface area is 253 Å². The molecule has 3 heterocycles. The molecule has 1 N–H and O–H groups in total. The van der Waals surface area contributed by atoms with Crippen molar-refractivity contribution in [2.24, 2.45) is 0 Å². The van der Waals surface area contributed by atoms with E-state index in [1.165, 1.54) is 6.08 Å². The number of amides is 1. The van der Waals surface area contributed by atoms with Gasteiger partial charge in [-0.1, -0.05) is 29.3 Å². The van der Waals surface area contributed by atoms with Crippen molar-refractivity contribution >= 4 is 69.6 Å². The number of nitro benzene ring substituents is 1. The van der Waals surface area contributed by atoms with Gasteiger partial charge in [-0.2, -0.15) is 0 Å². The number of piperazine rings is 1. The van der Waals surface area contributed by atoms with E-state index in [9.17, 15) is 14.9 Å². The van der Waals surface area contributed by atoms with Gasteiger partial charge in [0.15, 0.2) is 5.11 Å². The zero-order valence-corrected chi connectivity index (χ0v) is 24.6. The molecule has 1 aromatic heterocycles. The van der Waals surface area contributed by atoms with E-state index in [1.807, 2.05) is 17.0 Å². The summed E-state index contributed by atoms with van der Waals surface area (Å²) in [5.41, 5.74) is 2.44. The van der Waals surface area contributed by atoms with Crippen molar-refractivity contribution in [1.29, 1.82) is 0 Å². The fourth-order valence-electron chi connectivity index (χ4n) is 5.08. The first-order chi connectivity index (χ1) is 19.8. The summed E-state index contributed by atoms with van der Waals surface area (Å²) in [5, 5.41) is 15.6. The minimum atomic E-state index is -0.363. The zero-order chi connectivity index (χ0) is 28.9. The van der Waals surface area contributed by atoms with Crippen molar-refractivity contribution in [1.82, 2.24) is 10.2 Å². The van der Waals surface area contributed by atoms with Gasteiger partial charge in [0, 0.05) is 62.7 Å². The number of thiocarbonyl (C=S) groups is 1. The molecule has 2 aliphatic heterocycles. The Morgan fingerprint density at radius 3 is 2.46 bits per heavy atom. The number of carbonyl (C=O) groups excluding carboxylic acids is 1. The molecule has 0 radical (unpaired) electrons. The number of rotatable bonds is 6. The Morgan fingerprint density at radius 1 is 0.976 bits per heavy atom. The fraction of sp³-hybridized carbons (Fsp3) is 0.310. The smallest absolute Gasteiger partial charge is 0.292 e. The highest BCUT2D eigenvalue weighted by Gasteiger charge is 2.25. The minimum absolute atomic E-state index is 0.144. The number of carbonyl (C=O) groups is 1. The van der Waals surface area contributed by atoms with Crippen LogP contribution in [0.2, 0.25) is 10.0 Å². The number of benzene rings is 2. The third kappa shape index (κ3) is 6.83. The summed E-state index contributed by atoms with van der Waals surface area (Å²) in [6, 6.07) is 14.1. The monoisotopic (exact) mass is 613 g/mol. The quantitative estimate of drug-likeness (QED) is 0.148. The molecule has 2 aliphatic rings. The van der Waals surface area contributed by atoms with Gasteiger partial charge in [0.1, 0.15) is 17.2 Å². The molecule has 0 saturated carbocycles. The number of hydrogen-bond donors (Lipinski definition) is 1. The highest BCUT2D eigenvalue weighted by Crippen LogP contribution is 2.35. The second-order valence-corrected chi connectivity index (χ2v) is 11.1. The number of anilines is 2. The third-order valence-electron chi connectivity index (χ3n) is 7.26. The van der Waals surface area contributed by atoms with Gasteiger partial charge in [-0.05, 0) is 74.0 Å². The number of halogens is 2. The molecular formula is C29H29Cl2N5O4S. The molecule has 2 aromatic carbocycles. The topological polar surface area (TPSA) is 95.1 Å². The highest BCUT2D eigenvalue weighted by molar-refractivity contribution is 7.80. The molecule has 5 rings (SSSR count). The summed E-state index contributed by atoms with van der Waals surface area (Å²) in [6.07, 6.45) is 6.16. The third-order valence-corrected chi connectivity index (χ3v) is 8.44. The number of furan rings is 1. The Morgan fingerprint density at radius 2 is 1.73 bits per heavy atom. The van der Waals surface area contributed by atoms with Gasteiger partial charge >= 0.3 is 0 Å². The molecule has 12 heteroatoms. The van der Waals surface area contributed by atoms with Crippen LogP contribution in [0.15, 0.2) is 59.0 Å². The van der Waals surface area contributed by atoms with Crippen molar-refractivity contribution in [3.8, 4) is 11.3 Å². The molecule has 0 bridgehead atoms. The normalized spacial score (nSPS) is 15.8. The Hall–Kier alpha value is -3.60. The van der Waals surface area contributed by atoms with E-state index < -0.39 is 0 Å². The Bertz CT molecular complexity index is 1480. The van der Waals surface area contributed by atoms with Crippen LogP contribution in [0.3, 0.4) is 0 Å². The van der Waals surface area contributed by atoms with E-state index >= 15 is 0 Å². The van der Waals surface area contributed by atoms with Crippen LogP contribution >= 0.6 is 35.4 Å². The lowest BCUT2D eigenvalue weighted by Crippen LogP contribution is -2.52. The lowest BCUT2D eigenvalue weighted by atomic mass is 10.1. The highest BCUT2D eigenvalue weighted by atomic mass is 35.5. The largest absolute Gasteiger partial charge is 0.457 e. The van der Waals surface area contributed by atoms with E-state index in [4.69, 9.17) is 39.8 Å². The van der Waals surface area contributed by atoms with Crippen LogP contribution in [0.1, 0.15) is 25.0 Å². The molecule has 0 atom stereocenters. The molecular weight excluding hydrogens is 585 g/mol. The van der Waals surface area contributed by atoms with Gasteiger partial charge in [0.05, 0.1) is 15.0 Å². The van der Waals surface area contributed by atoms with Gasteiger partial charge < -0.3 is 19.1 Å².